The van der Waals surface area contributed by atoms with E-state index in [9.17, 15) is 4.79 Å². The Bertz CT molecular complexity index is 764. The second-order valence-electron chi connectivity index (χ2n) is 7.41. The van der Waals surface area contributed by atoms with Gasteiger partial charge in [-0.25, -0.2) is 0 Å². The average Bonchev–Trinajstić information content (AvgIpc) is 3.18. The first-order valence-corrected chi connectivity index (χ1v) is 9.18. The molecule has 1 amide bonds. The molecule has 1 aliphatic heterocycles. The number of carbonyl (C=O) groups excluding carboxylic acids is 1. The molecule has 4 rings (SSSR count). The molecular weight excluding hydrogens is 294 g/mol. The van der Waals surface area contributed by atoms with Gasteiger partial charge in [0.2, 0.25) is 5.91 Å². The molecule has 0 N–H and O–H groups in total. The molecule has 0 radical (unpaired) electrons. The van der Waals surface area contributed by atoms with Gasteiger partial charge in [-0.05, 0) is 59.4 Å². The molecule has 1 unspecified atom stereocenters. The maximum atomic E-state index is 12.3. The Hall–Kier alpha value is -2.09. The Morgan fingerprint density at radius 1 is 1.12 bits per heavy atom. The fraction of sp³-hybridized carbons (Fsp3) is 0.409. The molecule has 2 aromatic carbocycles. The van der Waals surface area contributed by atoms with Gasteiger partial charge in [-0.1, -0.05) is 49.4 Å². The van der Waals surface area contributed by atoms with Gasteiger partial charge in [0.1, 0.15) is 0 Å². The lowest BCUT2D eigenvalue weighted by molar-refractivity contribution is -0.130. The van der Waals surface area contributed by atoms with Crippen molar-refractivity contribution in [3.05, 3.63) is 59.2 Å². The number of nitrogens with zero attached hydrogens (tertiary/aromatic N) is 1. The minimum absolute atomic E-state index is 0.339. The lowest BCUT2D eigenvalue weighted by Gasteiger charge is -2.15. The van der Waals surface area contributed by atoms with Gasteiger partial charge in [-0.15, -0.1) is 0 Å². The summed E-state index contributed by atoms with van der Waals surface area (Å²) in [6, 6.07) is 15.5. The number of hydrogen-bond donors (Lipinski definition) is 0. The fourth-order valence-electron chi connectivity index (χ4n) is 4.09. The van der Waals surface area contributed by atoms with Crippen LogP contribution in [0.3, 0.4) is 0 Å². The Kier molecular flexibility index (Phi) is 4.13. The number of rotatable bonds is 4. The molecule has 1 atom stereocenters. The number of fused-ring (bicyclic) bond motifs is 3. The summed E-state index contributed by atoms with van der Waals surface area (Å²) in [6.07, 6.45) is 4.84. The van der Waals surface area contributed by atoms with Gasteiger partial charge in [0.05, 0.1) is 0 Å². The van der Waals surface area contributed by atoms with Crippen molar-refractivity contribution >= 4 is 5.91 Å². The molecule has 0 bridgehead atoms. The fourth-order valence-corrected chi connectivity index (χ4v) is 4.09. The van der Waals surface area contributed by atoms with Gasteiger partial charge < -0.3 is 4.90 Å². The third kappa shape index (κ3) is 2.98. The second kappa shape index (κ2) is 6.43. The van der Waals surface area contributed by atoms with Gasteiger partial charge in [-0.3, -0.25) is 4.79 Å². The first kappa shape index (κ1) is 15.4. The van der Waals surface area contributed by atoms with E-state index in [2.05, 4.69) is 49.4 Å². The molecule has 0 spiro atoms. The first-order chi connectivity index (χ1) is 11.7. The average molecular weight is 319 g/mol. The Morgan fingerprint density at radius 2 is 1.96 bits per heavy atom. The minimum atomic E-state index is 0.339. The second-order valence-corrected chi connectivity index (χ2v) is 7.41. The summed E-state index contributed by atoms with van der Waals surface area (Å²) in [5.74, 6) is 1.01. The van der Waals surface area contributed by atoms with Crippen LogP contribution in [-0.2, 0) is 17.6 Å². The van der Waals surface area contributed by atoms with Crippen LogP contribution in [0.2, 0.25) is 0 Å². The topological polar surface area (TPSA) is 20.3 Å². The lowest BCUT2D eigenvalue weighted by atomic mass is 10.00. The third-order valence-corrected chi connectivity index (χ3v) is 5.50. The number of carbonyl (C=O) groups is 1. The molecule has 0 aromatic heterocycles. The van der Waals surface area contributed by atoms with Crippen molar-refractivity contribution in [2.75, 3.05) is 13.1 Å². The Morgan fingerprint density at radius 3 is 2.79 bits per heavy atom. The molecule has 2 aliphatic rings. The summed E-state index contributed by atoms with van der Waals surface area (Å²) in [5.41, 5.74) is 7.00. The van der Waals surface area contributed by atoms with Crippen LogP contribution in [0.25, 0.3) is 11.1 Å². The summed E-state index contributed by atoms with van der Waals surface area (Å²) in [4.78, 5) is 14.3. The van der Waals surface area contributed by atoms with E-state index in [1.165, 1.54) is 27.8 Å². The van der Waals surface area contributed by atoms with Crippen molar-refractivity contribution in [3.63, 3.8) is 0 Å². The van der Waals surface area contributed by atoms with Crippen LogP contribution >= 0.6 is 0 Å². The zero-order chi connectivity index (χ0) is 16.5. The minimum Gasteiger partial charge on any atom is -0.342 e. The number of aryl methyl sites for hydroxylation is 1. The molecule has 1 saturated heterocycles. The molecular formula is C22H25NO. The van der Waals surface area contributed by atoms with Crippen molar-refractivity contribution in [3.8, 4) is 11.1 Å². The molecule has 1 aliphatic carbocycles. The van der Waals surface area contributed by atoms with Crippen molar-refractivity contribution in [2.24, 2.45) is 5.92 Å². The SMILES string of the molecule is CC1CCN(C(=O)CCCc2ccc3c(c2)-c2ccccc2C3)C1. The van der Waals surface area contributed by atoms with E-state index >= 15 is 0 Å². The lowest BCUT2D eigenvalue weighted by Crippen LogP contribution is -2.28. The largest absolute Gasteiger partial charge is 0.342 e. The molecule has 2 heteroatoms. The van der Waals surface area contributed by atoms with E-state index < -0.39 is 0 Å². The van der Waals surface area contributed by atoms with Crippen LogP contribution in [0.15, 0.2) is 42.5 Å². The number of amides is 1. The highest BCUT2D eigenvalue weighted by Gasteiger charge is 2.22. The van der Waals surface area contributed by atoms with Gasteiger partial charge in [0.15, 0.2) is 0 Å². The Labute approximate surface area is 144 Å². The van der Waals surface area contributed by atoms with Gasteiger partial charge in [0, 0.05) is 19.5 Å². The summed E-state index contributed by atoms with van der Waals surface area (Å²) in [6.45, 7) is 4.14. The Balaban J connectivity index is 1.38. The molecule has 124 valence electrons. The van der Waals surface area contributed by atoms with Crippen LogP contribution < -0.4 is 0 Å². The van der Waals surface area contributed by atoms with Crippen LogP contribution in [-0.4, -0.2) is 23.9 Å². The van der Waals surface area contributed by atoms with E-state index in [1.54, 1.807) is 0 Å². The van der Waals surface area contributed by atoms with E-state index in [0.29, 0.717) is 18.2 Å². The molecule has 1 heterocycles. The first-order valence-electron chi connectivity index (χ1n) is 9.18. The van der Waals surface area contributed by atoms with E-state index in [-0.39, 0.29) is 0 Å². The molecule has 2 aromatic rings. The predicted molar refractivity (Wildman–Crippen MR) is 98.0 cm³/mol. The van der Waals surface area contributed by atoms with Gasteiger partial charge in [0.25, 0.3) is 0 Å². The van der Waals surface area contributed by atoms with E-state index in [1.807, 2.05) is 4.90 Å². The summed E-state index contributed by atoms with van der Waals surface area (Å²) in [7, 11) is 0. The van der Waals surface area contributed by atoms with Gasteiger partial charge >= 0.3 is 0 Å². The summed E-state index contributed by atoms with van der Waals surface area (Å²) >= 11 is 0. The zero-order valence-electron chi connectivity index (χ0n) is 14.4. The maximum Gasteiger partial charge on any atom is 0.222 e. The molecule has 1 fully saturated rings. The van der Waals surface area contributed by atoms with Crippen LogP contribution in [0.4, 0.5) is 0 Å². The molecule has 0 saturated carbocycles. The number of likely N-dealkylation sites (tertiary alicyclic amines) is 1. The predicted octanol–water partition coefficient (Wildman–Crippen LogP) is 4.45. The van der Waals surface area contributed by atoms with Crippen LogP contribution in [0.1, 0.15) is 42.9 Å². The van der Waals surface area contributed by atoms with Crippen LogP contribution in [0, 0.1) is 5.92 Å². The van der Waals surface area contributed by atoms with Crippen molar-refractivity contribution in [1.82, 2.24) is 4.90 Å². The van der Waals surface area contributed by atoms with Crippen molar-refractivity contribution in [2.45, 2.75) is 39.0 Å². The highest BCUT2D eigenvalue weighted by molar-refractivity contribution is 5.77. The van der Waals surface area contributed by atoms with Gasteiger partial charge in [-0.2, -0.15) is 0 Å². The van der Waals surface area contributed by atoms with Crippen molar-refractivity contribution < 1.29 is 4.79 Å². The number of benzene rings is 2. The van der Waals surface area contributed by atoms with Crippen molar-refractivity contribution in [1.29, 1.82) is 0 Å². The highest BCUT2D eigenvalue weighted by Crippen LogP contribution is 2.37. The van der Waals surface area contributed by atoms with E-state index in [4.69, 9.17) is 0 Å². The zero-order valence-corrected chi connectivity index (χ0v) is 14.4. The molecule has 2 nitrogen and oxygen atoms in total. The quantitative estimate of drug-likeness (QED) is 0.696. The standard InChI is InChI=1S/C22H25NO/c1-16-11-12-23(15-16)22(24)8-4-5-17-9-10-19-14-18-6-2-3-7-20(18)21(19)13-17/h2-3,6-7,9-10,13,16H,4-5,8,11-12,14-15H2,1H3. The normalized spacial score (nSPS) is 18.5. The van der Waals surface area contributed by atoms with E-state index in [0.717, 1.165) is 38.8 Å². The maximum absolute atomic E-state index is 12.3. The third-order valence-electron chi connectivity index (χ3n) is 5.50. The molecule has 24 heavy (non-hydrogen) atoms. The monoisotopic (exact) mass is 319 g/mol. The summed E-state index contributed by atoms with van der Waals surface area (Å²) in [5, 5.41) is 0. The van der Waals surface area contributed by atoms with Crippen LogP contribution in [0.5, 0.6) is 0 Å². The highest BCUT2D eigenvalue weighted by atomic mass is 16.2. The smallest absolute Gasteiger partial charge is 0.222 e. The number of hydrogen-bond acceptors (Lipinski definition) is 1. The summed E-state index contributed by atoms with van der Waals surface area (Å²) < 4.78 is 0.